The van der Waals surface area contributed by atoms with E-state index in [1.165, 1.54) is 5.56 Å². The average Bonchev–Trinajstić information content (AvgIpc) is 2.59. The summed E-state index contributed by atoms with van der Waals surface area (Å²) in [5.74, 6) is 1.64. The first kappa shape index (κ1) is 17.9. The van der Waals surface area contributed by atoms with Crippen molar-refractivity contribution in [3.63, 3.8) is 0 Å². The molecule has 6 nitrogen and oxygen atoms in total. The van der Waals surface area contributed by atoms with E-state index in [2.05, 4.69) is 11.4 Å². The molecule has 2 aliphatic heterocycles. The van der Waals surface area contributed by atoms with E-state index in [-0.39, 0.29) is 6.09 Å². The molecule has 0 radical (unpaired) electrons. The fourth-order valence-corrected chi connectivity index (χ4v) is 3.05. The monoisotopic (exact) mass is 348 g/mol. The van der Waals surface area contributed by atoms with Gasteiger partial charge in [0.05, 0.1) is 0 Å². The number of hydrogen-bond donors (Lipinski definition) is 1. The van der Waals surface area contributed by atoms with E-state index >= 15 is 0 Å². The smallest absolute Gasteiger partial charge is 0.410 e. The molecule has 1 fully saturated rings. The molecule has 1 saturated heterocycles. The van der Waals surface area contributed by atoms with Crippen LogP contribution in [0.15, 0.2) is 18.2 Å². The molecule has 0 atom stereocenters. The van der Waals surface area contributed by atoms with Crippen molar-refractivity contribution in [3.8, 4) is 11.5 Å². The lowest BCUT2D eigenvalue weighted by atomic mass is 10.0. The second-order valence-electron chi connectivity index (χ2n) is 7.60. The summed E-state index contributed by atoms with van der Waals surface area (Å²) in [7, 11) is 0. The van der Waals surface area contributed by atoms with Gasteiger partial charge in [0.2, 0.25) is 0 Å². The number of carbonyl (C=O) groups is 1. The van der Waals surface area contributed by atoms with Gasteiger partial charge >= 0.3 is 6.09 Å². The Morgan fingerprint density at radius 3 is 2.56 bits per heavy atom. The zero-order valence-electron chi connectivity index (χ0n) is 15.3. The number of amides is 1. The quantitative estimate of drug-likeness (QED) is 0.910. The summed E-state index contributed by atoms with van der Waals surface area (Å²) in [6.45, 7) is 9.15. The summed E-state index contributed by atoms with van der Waals surface area (Å²) in [5.41, 5.74) is 0.739. The van der Waals surface area contributed by atoms with Gasteiger partial charge in [0.25, 0.3) is 0 Å². The number of carbonyl (C=O) groups excluding carboxylic acids is 1. The standard InChI is InChI=1S/C19H28N2O4/c1-19(2,3)25-18(22)21-8-6-15(7-9-21)20-13-14-4-5-16-17(12-14)24-11-10-23-16/h4-5,12,15,20H,6-11,13H2,1-3H3. The van der Waals surface area contributed by atoms with Gasteiger partial charge in [0.15, 0.2) is 11.5 Å². The Morgan fingerprint density at radius 1 is 1.20 bits per heavy atom. The maximum absolute atomic E-state index is 12.1. The van der Waals surface area contributed by atoms with Gasteiger partial charge in [-0.3, -0.25) is 0 Å². The highest BCUT2D eigenvalue weighted by atomic mass is 16.6. The maximum Gasteiger partial charge on any atom is 0.410 e. The Kier molecular flexibility index (Phi) is 5.37. The van der Waals surface area contributed by atoms with Crippen LogP contribution in [0.2, 0.25) is 0 Å². The highest BCUT2D eigenvalue weighted by Crippen LogP contribution is 2.30. The van der Waals surface area contributed by atoms with Crippen molar-refractivity contribution in [1.82, 2.24) is 10.2 Å². The number of ether oxygens (including phenoxy) is 3. The third-order valence-electron chi connectivity index (χ3n) is 4.35. The Hall–Kier alpha value is -1.95. The van der Waals surface area contributed by atoms with Crippen molar-refractivity contribution in [2.45, 2.75) is 51.8 Å². The molecule has 1 N–H and O–H groups in total. The van der Waals surface area contributed by atoms with Crippen LogP contribution in [0.25, 0.3) is 0 Å². The Bertz CT molecular complexity index is 604. The predicted molar refractivity (Wildman–Crippen MR) is 95.1 cm³/mol. The van der Waals surface area contributed by atoms with E-state index in [0.717, 1.165) is 44.0 Å². The van der Waals surface area contributed by atoms with Crippen LogP contribution >= 0.6 is 0 Å². The van der Waals surface area contributed by atoms with Crippen LogP contribution in [-0.4, -0.2) is 48.9 Å². The lowest BCUT2D eigenvalue weighted by molar-refractivity contribution is 0.0198. The number of piperidine rings is 1. The van der Waals surface area contributed by atoms with Gasteiger partial charge in [-0.15, -0.1) is 0 Å². The lowest BCUT2D eigenvalue weighted by Crippen LogP contribution is -2.46. The zero-order chi connectivity index (χ0) is 17.9. The van der Waals surface area contributed by atoms with Gasteiger partial charge in [0, 0.05) is 25.7 Å². The number of benzene rings is 1. The molecule has 0 unspecified atom stereocenters. The summed E-state index contributed by atoms with van der Waals surface area (Å²) in [4.78, 5) is 13.9. The van der Waals surface area contributed by atoms with Gasteiger partial charge in [0.1, 0.15) is 18.8 Å². The third-order valence-corrected chi connectivity index (χ3v) is 4.35. The number of nitrogens with zero attached hydrogens (tertiary/aromatic N) is 1. The maximum atomic E-state index is 12.1. The van der Waals surface area contributed by atoms with Crippen LogP contribution in [-0.2, 0) is 11.3 Å². The molecule has 0 aromatic heterocycles. The van der Waals surface area contributed by atoms with Crippen LogP contribution in [0.5, 0.6) is 11.5 Å². The highest BCUT2D eigenvalue weighted by molar-refractivity contribution is 5.68. The minimum Gasteiger partial charge on any atom is -0.486 e. The van der Waals surface area contributed by atoms with Crippen LogP contribution in [0.4, 0.5) is 4.79 Å². The molecular formula is C19H28N2O4. The van der Waals surface area contributed by atoms with E-state index in [1.54, 1.807) is 4.90 Å². The minimum atomic E-state index is -0.440. The Morgan fingerprint density at radius 2 is 1.88 bits per heavy atom. The molecule has 138 valence electrons. The van der Waals surface area contributed by atoms with E-state index in [4.69, 9.17) is 14.2 Å². The van der Waals surface area contributed by atoms with Gasteiger partial charge in [-0.05, 0) is 51.3 Å². The van der Waals surface area contributed by atoms with E-state index in [1.807, 2.05) is 32.9 Å². The zero-order valence-corrected chi connectivity index (χ0v) is 15.3. The second kappa shape index (κ2) is 7.52. The lowest BCUT2D eigenvalue weighted by Gasteiger charge is -2.33. The molecule has 0 bridgehead atoms. The molecule has 0 saturated carbocycles. The summed E-state index contributed by atoms with van der Waals surface area (Å²) >= 11 is 0. The van der Waals surface area contributed by atoms with Crippen molar-refractivity contribution in [1.29, 1.82) is 0 Å². The molecule has 3 rings (SSSR count). The van der Waals surface area contributed by atoms with Crippen LogP contribution in [0, 0.1) is 0 Å². The summed E-state index contributed by atoms with van der Waals surface area (Å²) in [6.07, 6.45) is 1.66. The molecule has 6 heteroatoms. The van der Waals surface area contributed by atoms with E-state index in [0.29, 0.717) is 19.3 Å². The average molecular weight is 348 g/mol. The molecule has 2 aliphatic rings. The Labute approximate surface area is 149 Å². The molecule has 1 aromatic rings. The number of nitrogens with one attached hydrogen (secondary N) is 1. The van der Waals surface area contributed by atoms with Gasteiger partial charge in [-0.25, -0.2) is 4.79 Å². The SMILES string of the molecule is CC(C)(C)OC(=O)N1CCC(NCc2ccc3c(c2)OCCO3)CC1. The topological polar surface area (TPSA) is 60.0 Å². The molecule has 1 amide bonds. The Balaban J connectivity index is 1.44. The fraction of sp³-hybridized carbons (Fsp3) is 0.632. The van der Waals surface area contributed by atoms with Crippen LogP contribution < -0.4 is 14.8 Å². The van der Waals surface area contributed by atoms with Crippen molar-refractivity contribution >= 4 is 6.09 Å². The minimum absolute atomic E-state index is 0.210. The third kappa shape index (κ3) is 5.01. The molecular weight excluding hydrogens is 320 g/mol. The predicted octanol–water partition coefficient (Wildman–Crippen LogP) is 2.95. The first-order chi connectivity index (χ1) is 11.9. The molecule has 0 spiro atoms. The van der Waals surface area contributed by atoms with Crippen LogP contribution in [0.3, 0.4) is 0 Å². The first-order valence-corrected chi connectivity index (χ1v) is 9.00. The highest BCUT2D eigenvalue weighted by Gasteiger charge is 2.26. The van der Waals surface area contributed by atoms with Crippen molar-refractivity contribution in [3.05, 3.63) is 23.8 Å². The summed E-state index contributed by atoms with van der Waals surface area (Å²) < 4.78 is 16.6. The van der Waals surface area contributed by atoms with Crippen molar-refractivity contribution in [2.75, 3.05) is 26.3 Å². The van der Waals surface area contributed by atoms with Gasteiger partial charge in [-0.1, -0.05) is 6.07 Å². The largest absolute Gasteiger partial charge is 0.486 e. The normalized spacial score (nSPS) is 18.1. The van der Waals surface area contributed by atoms with Gasteiger partial charge in [-0.2, -0.15) is 0 Å². The number of hydrogen-bond acceptors (Lipinski definition) is 5. The number of likely N-dealkylation sites (tertiary alicyclic amines) is 1. The fourth-order valence-electron chi connectivity index (χ4n) is 3.05. The van der Waals surface area contributed by atoms with E-state index < -0.39 is 5.60 Å². The number of fused-ring (bicyclic) bond motifs is 1. The van der Waals surface area contributed by atoms with Crippen molar-refractivity contribution in [2.24, 2.45) is 0 Å². The summed E-state index contributed by atoms with van der Waals surface area (Å²) in [5, 5.41) is 3.58. The van der Waals surface area contributed by atoms with Gasteiger partial charge < -0.3 is 24.4 Å². The first-order valence-electron chi connectivity index (χ1n) is 9.00. The van der Waals surface area contributed by atoms with E-state index in [9.17, 15) is 4.79 Å². The van der Waals surface area contributed by atoms with Crippen LogP contribution in [0.1, 0.15) is 39.2 Å². The molecule has 0 aliphatic carbocycles. The summed E-state index contributed by atoms with van der Waals surface area (Å²) in [6, 6.07) is 6.48. The molecule has 25 heavy (non-hydrogen) atoms. The number of rotatable bonds is 3. The second-order valence-corrected chi connectivity index (χ2v) is 7.60. The molecule has 2 heterocycles. The molecule has 1 aromatic carbocycles. The van der Waals surface area contributed by atoms with Crippen molar-refractivity contribution < 1.29 is 19.0 Å².